The van der Waals surface area contributed by atoms with Crippen molar-refractivity contribution in [1.29, 1.82) is 0 Å². The minimum Gasteiger partial charge on any atom is -0.288 e. The van der Waals surface area contributed by atoms with Crippen molar-refractivity contribution >= 4 is 32.8 Å². The zero-order chi connectivity index (χ0) is 17.2. The van der Waals surface area contributed by atoms with E-state index in [1.807, 2.05) is 0 Å². The van der Waals surface area contributed by atoms with E-state index in [1.165, 1.54) is 11.2 Å². The fourth-order valence-corrected chi connectivity index (χ4v) is 8.63. The van der Waals surface area contributed by atoms with Crippen molar-refractivity contribution in [3.05, 3.63) is 0 Å². The lowest BCUT2D eigenvalue weighted by Gasteiger charge is -2.37. The second-order valence-corrected chi connectivity index (χ2v) is 11.4. The molecule has 3 aliphatic rings. The van der Waals surface area contributed by atoms with Crippen LogP contribution in [-0.2, 0) is 19.6 Å². The summed E-state index contributed by atoms with van der Waals surface area (Å²) in [5.41, 5.74) is -0.303. The average molecular weight is 360 g/mol. The lowest BCUT2D eigenvalue weighted by Crippen LogP contribution is -2.44. The van der Waals surface area contributed by atoms with Crippen LogP contribution in [0.1, 0.15) is 53.4 Å². The van der Waals surface area contributed by atoms with Crippen LogP contribution in [0.15, 0.2) is 0 Å². The van der Waals surface area contributed by atoms with Crippen molar-refractivity contribution in [3.63, 3.8) is 0 Å². The molecule has 7 heteroatoms. The molecular weight excluding hydrogens is 334 g/mol. The number of carbonyl (C=O) groups excluding carboxylic acids is 2. The molecule has 1 amide bonds. The van der Waals surface area contributed by atoms with Crippen LogP contribution in [0.2, 0.25) is 0 Å². The smallest absolute Gasteiger partial charge is 0.238 e. The molecule has 0 N–H and O–H groups in total. The molecule has 0 aromatic carbocycles. The first-order valence-corrected chi connectivity index (χ1v) is 10.7. The molecule has 1 aliphatic heterocycles. The molecule has 5 nitrogen and oxygen atoms in total. The first kappa shape index (κ1) is 17.3. The maximum Gasteiger partial charge on any atom is 0.238 e. The van der Waals surface area contributed by atoms with Crippen LogP contribution in [-0.4, -0.2) is 40.8 Å². The third-order valence-electron chi connectivity index (χ3n) is 6.49. The fourth-order valence-electron chi connectivity index (χ4n) is 5.28. The second kappa shape index (κ2) is 5.22. The largest absolute Gasteiger partial charge is 0.288 e. The molecule has 3 fully saturated rings. The molecule has 2 aliphatic carbocycles. The second-order valence-electron chi connectivity index (χ2n) is 7.93. The highest BCUT2D eigenvalue weighted by atomic mass is 32.2. The quantitative estimate of drug-likeness (QED) is 0.774. The van der Waals surface area contributed by atoms with Gasteiger partial charge in [0.25, 0.3) is 0 Å². The van der Waals surface area contributed by atoms with E-state index in [2.05, 4.69) is 13.8 Å². The molecule has 3 rings (SSSR count). The van der Waals surface area contributed by atoms with Crippen molar-refractivity contribution in [2.75, 3.05) is 5.75 Å². The van der Waals surface area contributed by atoms with E-state index >= 15 is 0 Å². The Morgan fingerprint density at radius 1 is 1.35 bits per heavy atom. The predicted octanol–water partition coefficient (Wildman–Crippen LogP) is 2.41. The van der Waals surface area contributed by atoms with Crippen molar-refractivity contribution in [2.45, 2.75) is 64.7 Å². The maximum absolute atomic E-state index is 12.7. The maximum atomic E-state index is 12.7. The van der Waals surface area contributed by atoms with Crippen LogP contribution in [0, 0.1) is 16.7 Å². The van der Waals surface area contributed by atoms with Crippen LogP contribution >= 0.6 is 11.8 Å². The SMILES string of the molecule is CC(=O)S[C@H](C)CC(=O)N1[C@@H]2C[C@H]3CC[C@]2(CS1(=O)=O)C3(C)C. The molecule has 0 aromatic rings. The molecule has 130 valence electrons. The minimum absolute atomic E-state index is 0.0283. The molecule has 2 bridgehead atoms. The van der Waals surface area contributed by atoms with Gasteiger partial charge in [0.15, 0.2) is 5.12 Å². The Morgan fingerprint density at radius 2 is 2.00 bits per heavy atom. The summed E-state index contributed by atoms with van der Waals surface area (Å²) in [6.07, 6.45) is 2.86. The standard InChI is InChI=1S/C16H25NO4S2/c1-10(22-11(2)18)7-14(19)17-13-8-12-5-6-16(13,15(12,3)4)9-23(17,20)21/h10,12-13H,5-9H2,1-4H3/t10-,12-,13-,16-/m1/s1. The number of sulfonamides is 1. The normalized spacial score (nSPS) is 37.7. The van der Waals surface area contributed by atoms with Gasteiger partial charge in [-0.15, -0.1) is 0 Å². The summed E-state index contributed by atoms with van der Waals surface area (Å²) in [5, 5.41) is -0.245. The summed E-state index contributed by atoms with van der Waals surface area (Å²) >= 11 is 1.10. The first-order valence-electron chi connectivity index (χ1n) is 8.23. The lowest BCUT2D eigenvalue weighted by molar-refractivity contribution is -0.128. The number of amides is 1. The van der Waals surface area contributed by atoms with Crippen LogP contribution in [0.25, 0.3) is 0 Å². The van der Waals surface area contributed by atoms with E-state index in [4.69, 9.17) is 0 Å². The van der Waals surface area contributed by atoms with Gasteiger partial charge >= 0.3 is 0 Å². The minimum atomic E-state index is -3.54. The Hall–Kier alpha value is -0.560. The summed E-state index contributed by atoms with van der Waals surface area (Å²) in [7, 11) is -3.54. The van der Waals surface area contributed by atoms with E-state index < -0.39 is 10.0 Å². The van der Waals surface area contributed by atoms with E-state index in [0.29, 0.717) is 5.92 Å². The van der Waals surface area contributed by atoms with Crippen molar-refractivity contribution < 1.29 is 18.0 Å². The van der Waals surface area contributed by atoms with Crippen LogP contribution in [0.5, 0.6) is 0 Å². The zero-order valence-electron chi connectivity index (χ0n) is 14.2. The van der Waals surface area contributed by atoms with Gasteiger partial charge in [-0.3, -0.25) is 9.59 Å². The zero-order valence-corrected chi connectivity index (χ0v) is 15.8. The van der Waals surface area contributed by atoms with E-state index in [9.17, 15) is 18.0 Å². The molecule has 1 saturated heterocycles. The molecular formula is C16H25NO4S2. The molecule has 2 saturated carbocycles. The number of fused-ring (bicyclic) bond motifs is 1. The summed E-state index contributed by atoms with van der Waals surface area (Å²) in [4.78, 5) is 23.9. The number of rotatable bonds is 3. The third-order valence-corrected chi connectivity index (χ3v) is 9.32. The molecule has 4 atom stereocenters. The Kier molecular flexibility index (Phi) is 3.92. The third kappa shape index (κ3) is 2.37. The van der Waals surface area contributed by atoms with Crippen LogP contribution in [0.4, 0.5) is 0 Å². The Morgan fingerprint density at radius 3 is 2.57 bits per heavy atom. The van der Waals surface area contributed by atoms with Gasteiger partial charge in [-0.05, 0) is 30.6 Å². The number of thioether (sulfide) groups is 1. The number of carbonyl (C=O) groups is 2. The Labute approximate surface area is 142 Å². The topological polar surface area (TPSA) is 71.5 Å². The number of nitrogens with zero attached hydrogens (tertiary/aromatic N) is 1. The van der Waals surface area contributed by atoms with E-state index in [0.717, 1.165) is 31.0 Å². The van der Waals surface area contributed by atoms with E-state index in [1.54, 1.807) is 6.92 Å². The van der Waals surface area contributed by atoms with Crippen LogP contribution in [0.3, 0.4) is 0 Å². The van der Waals surface area contributed by atoms with Gasteiger partial charge in [-0.1, -0.05) is 32.5 Å². The van der Waals surface area contributed by atoms with Gasteiger partial charge in [0.1, 0.15) is 0 Å². The van der Waals surface area contributed by atoms with Gasteiger partial charge in [0, 0.05) is 24.0 Å². The summed E-state index contributed by atoms with van der Waals surface area (Å²) in [6, 6.07) is -0.178. The van der Waals surface area contributed by atoms with Gasteiger partial charge in [0.05, 0.1) is 11.8 Å². The summed E-state index contributed by atoms with van der Waals surface area (Å²) < 4.78 is 26.6. The van der Waals surface area contributed by atoms with E-state index in [-0.39, 0.29) is 45.3 Å². The number of hydrogen-bond donors (Lipinski definition) is 0. The summed E-state index contributed by atoms with van der Waals surface area (Å²) in [6.45, 7) is 7.60. The van der Waals surface area contributed by atoms with Gasteiger partial charge < -0.3 is 0 Å². The molecule has 0 unspecified atom stereocenters. The van der Waals surface area contributed by atoms with Crippen molar-refractivity contribution in [3.8, 4) is 0 Å². The first-order chi connectivity index (χ1) is 10.5. The molecule has 1 heterocycles. The summed E-state index contributed by atoms with van der Waals surface area (Å²) in [5.74, 6) is 0.271. The number of hydrogen-bond acceptors (Lipinski definition) is 5. The average Bonchev–Trinajstić information content (AvgIpc) is 2.83. The fraction of sp³-hybridized carbons (Fsp3) is 0.875. The van der Waals surface area contributed by atoms with Gasteiger partial charge in [0.2, 0.25) is 15.9 Å². The van der Waals surface area contributed by atoms with Gasteiger partial charge in [-0.2, -0.15) is 0 Å². The molecule has 23 heavy (non-hydrogen) atoms. The molecule has 1 spiro atoms. The molecule has 0 radical (unpaired) electrons. The van der Waals surface area contributed by atoms with Crippen molar-refractivity contribution in [2.24, 2.45) is 16.7 Å². The highest BCUT2D eigenvalue weighted by Crippen LogP contribution is 2.70. The lowest BCUT2D eigenvalue weighted by atomic mass is 9.69. The highest BCUT2D eigenvalue weighted by molar-refractivity contribution is 8.14. The van der Waals surface area contributed by atoms with Crippen molar-refractivity contribution in [1.82, 2.24) is 4.31 Å². The predicted molar refractivity (Wildman–Crippen MR) is 90.3 cm³/mol. The monoisotopic (exact) mass is 359 g/mol. The van der Waals surface area contributed by atoms with Gasteiger partial charge in [-0.25, -0.2) is 12.7 Å². The Bertz CT molecular complexity index is 657. The Balaban J connectivity index is 1.86. The molecule has 0 aromatic heterocycles. The van der Waals surface area contributed by atoms with Crippen LogP contribution < -0.4 is 0 Å². The highest BCUT2D eigenvalue weighted by Gasteiger charge is 2.72.